The van der Waals surface area contributed by atoms with Gasteiger partial charge in [0, 0.05) is 27.0 Å². The first-order chi connectivity index (χ1) is 8.52. The van der Waals surface area contributed by atoms with Crippen LogP contribution < -0.4 is 11.1 Å². The van der Waals surface area contributed by atoms with Gasteiger partial charge in [0.05, 0.1) is 0 Å². The molecule has 2 nitrogen and oxygen atoms in total. The maximum atomic E-state index is 5.79. The molecule has 98 valence electrons. The fourth-order valence-electron chi connectivity index (χ4n) is 2.18. The SMILES string of the molecule is CC1(CNc2cccc(Br)c2C(N)=S)CCCS1. The van der Waals surface area contributed by atoms with Crippen LogP contribution in [0.3, 0.4) is 0 Å². The van der Waals surface area contributed by atoms with Crippen molar-refractivity contribution in [3.8, 4) is 0 Å². The van der Waals surface area contributed by atoms with Crippen molar-refractivity contribution in [2.24, 2.45) is 5.73 Å². The minimum Gasteiger partial charge on any atom is -0.389 e. The molecule has 0 aromatic heterocycles. The number of thioether (sulfide) groups is 1. The van der Waals surface area contributed by atoms with E-state index in [0.29, 0.717) is 9.74 Å². The second-order valence-electron chi connectivity index (χ2n) is 4.78. The van der Waals surface area contributed by atoms with Crippen LogP contribution >= 0.6 is 39.9 Å². The normalized spacial score (nSPS) is 23.0. The highest BCUT2D eigenvalue weighted by Gasteiger charge is 2.29. The van der Waals surface area contributed by atoms with Gasteiger partial charge in [-0.2, -0.15) is 11.8 Å². The van der Waals surface area contributed by atoms with Crippen molar-refractivity contribution in [3.63, 3.8) is 0 Å². The van der Waals surface area contributed by atoms with Crippen LogP contribution in [0.5, 0.6) is 0 Å². The standard InChI is InChI=1S/C13H17BrN2S2/c1-13(6-3-7-18-13)8-16-10-5-2-4-9(14)11(10)12(15)17/h2,4-5,16H,3,6-8H2,1H3,(H2,15,17). The molecule has 0 aliphatic carbocycles. The van der Waals surface area contributed by atoms with Crippen LogP contribution in [-0.4, -0.2) is 22.0 Å². The number of halogens is 1. The number of hydrogen-bond donors (Lipinski definition) is 2. The molecule has 1 aromatic carbocycles. The average molecular weight is 345 g/mol. The Morgan fingerprint density at radius 3 is 3.00 bits per heavy atom. The lowest BCUT2D eigenvalue weighted by molar-refractivity contribution is 0.635. The van der Waals surface area contributed by atoms with Crippen molar-refractivity contribution < 1.29 is 0 Å². The Labute approximate surface area is 126 Å². The lowest BCUT2D eigenvalue weighted by Crippen LogP contribution is -2.28. The van der Waals surface area contributed by atoms with Crippen LogP contribution in [0.2, 0.25) is 0 Å². The van der Waals surface area contributed by atoms with E-state index < -0.39 is 0 Å². The van der Waals surface area contributed by atoms with E-state index in [4.69, 9.17) is 18.0 Å². The van der Waals surface area contributed by atoms with E-state index in [1.54, 1.807) is 0 Å². The molecule has 1 saturated heterocycles. The highest BCUT2D eigenvalue weighted by atomic mass is 79.9. The van der Waals surface area contributed by atoms with Crippen LogP contribution in [0, 0.1) is 0 Å². The molecule has 1 fully saturated rings. The minimum atomic E-state index is 0.329. The summed E-state index contributed by atoms with van der Waals surface area (Å²) in [5, 5.41) is 3.50. The molecule has 1 aromatic rings. The van der Waals surface area contributed by atoms with Gasteiger partial charge in [0.15, 0.2) is 0 Å². The molecule has 0 saturated carbocycles. The topological polar surface area (TPSA) is 38.0 Å². The first-order valence-electron chi connectivity index (χ1n) is 5.98. The van der Waals surface area contributed by atoms with Gasteiger partial charge in [-0.05, 0) is 53.6 Å². The molecule has 0 radical (unpaired) electrons. The molecular formula is C13H17BrN2S2. The molecule has 18 heavy (non-hydrogen) atoms. The second kappa shape index (κ2) is 5.80. The number of nitrogens with one attached hydrogen (secondary N) is 1. The molecule has 5 heteroatoms. The number of nitrogens with two attached hydrogens (primary N) is 1. The van der Waals surface area contributed by atoms with Gasteiger partial charge in [-0.25, -0.2) is 0 Å². The van der Waals surface area contributed by atoms with E-state index in [9.17, 15) is 0 Å². The Morgan fingerprint density at radius 2 is 2.39 bits per heavy atom. The molecular weight excluding hydrogens is 328 g/mol. The molecule has 1 heterocycles. The van der Waals surface area contributed by atoms with E-state index in [1.807, 2.05) is 30.0 Å². The smallest absolute Gasteiger partial charge is 0.107 e. The number of thiocarbonyl (C=S) groups is 1. The predicted octanol–water partition coefficient (Wildman–Crippen LogP) is 3.78. The summed E-state index contributed by atoms with van der Waals surface area (Å²) in [5.41, 5.74) is 7.71. The summed E-state index contributed by atoms with van der Waals surface area (Å²) in [7, 11) is 0. The Bertz CT molecular complexity index is 456. The van der Waals surface area contributed by atoms with Crippen molar-refractivity contribution in [2.75, 3.05) is 17.6 Å². The third-order valence-corrected chi connectivity index (χ3v) is 5.62. The molecule has 0 bridgehead atoms. The van der Waals surface area contributed by atoms with Crippen molar-refractivity contribution >= 4 is 50.6 Å². The maximum absolute atomic E-state index is 5.79. The molecule has 1 aliphatic rings. The van der Waals surface area contributed by atoms with Crippen LogP contribution in [-0.2, 0) is 0 Å². The van der Waals surface area contributed by atoms with Gasteiger partial charge in [0.25, 0.3) is 0 Å². The average Bonchev–Trinajstić information content (AvgIpc) is 2.73. The number of benzene rings is 1. The zero-order valence-electron chi connectivity index (χ0n) is 10.3. The van der Waals surface area contributed by atoms with Crippen LogP contribution in [0.4, 0.5) is 5.69 Å². The zero-order valence-corrected chi connectivity index (χ0v) is 13.6. The minimum absolute atomic E-state index is 0.329. The third kappa shape index (κ3) is 3.19. The van der Waals surface area contributed by atoms with Crippen molar-refractivity contribution in [1.82, 2.24) is 0 Å². The highest BCUT2D eigenvalue weighted by molar-refractivity contribution is 9.10. The summed E-state index contributed by atoms with van der Waals surface area (Å²) in [5.74, 6) is 1.26. The maximum Gasteiger partial charge on any atom is 0.107 e. The summed E-state index contributed by atoms with van der Waals surface area (Å²) in [6.45, 7) is 3.26. The summed E-state index contributed by atoms with van der Waals surface area (Å²) in [4.78, 5) is 0.425. The van der Waals surface area contributed by atoms with E-state index in [2.05, 4.69) is 28.2 Å². The summed E-state index contributed by atoms with van der Waals surface area (Å²) < 4.78 is 1.28. The molecule has 2 rings (SSSR count). The Balaban J connectivity index is 2.14. The molecule has 0 amide bonds. The fourth-order valence-corrected chi connectivity index (χ4v) is 4.36. The highest BCUT2D eigenvalue weighted by Crippen LogP contribution is 2.38. The van der Waals surface area contributed by atoms with Crippen LogP contribution in [0.25, 0.3) is 0 Å². The first kappa shape index (κ1) is 14.2. The quantitative estimate of drug-likeness (QED) is 0.815. The van der Waals surface area contributed by atoms with Gasteiger partial charge in [-0.15, -0.1) is 0 Å². The van der Waals surface area contributed by atoms with Crippen LogP contribution in [0.15, 0.2) is 22.7 Å². The molecule has 3 N–H and O–H groups in total. The molecule has 1 aliphatic heterocycles. The molecule has 1 atom stereocenters. The number of anilines is 1. The van der Waals surface area contributed by atoms with Gasteiger partial charge >= 0.3 is 0 Å². The van der Waals surface area contributed by atoms with Crippen molar-refractivity contribution in [1.29, 1.82) is 0 Å². The largest absolute Gasteiger partial charge is 0.389 e. The lowest BCUT2D eigenvalue weighted by Gasteiger charge is -2.24. The van der Waals surface area contributed by atoms with E-state index >= 15 is 0 Å². The van der Waals surface area contributed by atoms with Gasteiger partial charge < -0.3 is 11.1 Å². The van der Waals surface area contributed by atoms with Gasteiger partial charge in [0.2, 0.25) is 0 Å². The zero-order chi connectivity index (χ0) is 13.2. The second-order valence-corrected chi connectivity index (χ2v) is 7.76. The fraction of sp³-hybridized carbons (Fsp3) is 0.462. The van der Waals surface area contributed by atoms with Gasteiger partial charge in [-0.1, -0.05) is 18.3 Å². The summed E-state index contributed by atoms with van der Waals surface area (Å²) in [6.07, 6.45) is 2.57. The van der Waals surface area contributed by atoms with E-state index in [0.717, 1.165) is 22.3 Å². The third-order valence-electron chi connectivity index (χ3n) is 3.21. The lowest BCUT2D eigenvalue weighted by atomic mass is 10.1. The first-order valence-corrected chi connectivity index (χ1v) is 8.17. The van der Waals surface area contributed by atoms with Crippen LogP contribution in [0.1, 0.15) is 25.3 Å². The van der Waals surface area contributed by atoms with E-state index in [-0.39, 0.29) is 0 Å². The summed E-state index contributed by atoms with van der Waals surface area (Å²) in [6, 6.07) is 5.99. The molecule has 1 unspecified atom stereocenters. The van der Waals surface area contributed by atoms with Crippen molar-refractivity contribution in [2.45, 2.75) is 24.5 Å². The van der Waals surface area contributed by atoms with Gasteiger partial charge in [0.1, 0.15) is 4.99 Å². The van der Waals surface area contributed by atoms with Crippen molar-refractivity contribution in [3.05, 3.63) is 28.2 Å². The number of hydrogen-bond acceptors (Lipinski definition) is 3. The predicted molar refractivity (Wildman–Crippen MR) is 88.6 cm³/mol. The monoisotopic (exact) mass is 344 g/mol. The Hall–Kier alpha value is -0.260. The summed E-state index contributed by atoms with van der Waals surface area (Å²) >= 11 is 10.7. The van der Waals surface area contributed by atoms with Gasteiger partial charge in [-0.3, -0.25) is 0 Å². The Morgan fingerprint density at radius 1 is 1.61 bits per heavy atom. The van der Waals surface area contributed by atoms with E-state index in [1.165, 1.54) is 18.6 Å². The Kier molecular flexibility index (Phi) is 4.56. The number of rotatable bonds is 4. The molecule has 0 spiro atoms.